The maximum absolute atomic E-state index is 5.83. The molecule has 0 amide bonds. The van der Waals surface area contributed by atoms with E-state index < -0.39 is 8.53 Å². The fourth-order valence-electron chi connectivity index (χ4n) is 1.61. The fraction of sp³-hybridized carbons (Fsp3) is 1.00. The van der Waals surface area contributed by atoms with E-state index in [4.69, 9.17) is 9.05 Å². The predicted molar refractivity (Wildman–Crippen MR) is 80.8 cm³/mol. The summed E-state index contributed by atoms with van der Waals surface area (Å²) in [6.45, 7) is 6.12. The van der Waals surface area contributed by atoms with Crippen molar-refractivity contribution in [2.45, 2.75) is 65.2 Å². The van der Waals surface area contributed by atoms with Gasteiger partial charge >= 0.3 is 0 Å². The zero-order valence-electron chi connectivity index (χ0n) is 12.8. The molecule has 0 atom stereocenters. The first-order valence-corrected chi connectivity index (χ1v) is 8.58. The Balaban J connectivity index is 3.53. The van der Waals surface area contributed by atoms with Gasteiger partial charge in [-0.2, -0.15) is 0 Å². The maximum atomic E-state index is 5.83. The summed E-state index contributed by atoms with van der Waals surface area (Å²) >= 11 is 0. The standard InChI is InChI=1S/C14H32NO2P/c1-5-7-9-11-13-16-18(15(3)4)17-14-12-10-8-6-2/h5-14H2,1-4H3. The van der Waals surface area contributed by atoms with E-state index in [9.17, 15) is 0 Å². The van der Waals surface area contributed by atoms with Gasteiger partial charge in [0, 0.05) is 0 Å². The number of hydrogen-bond donors (Lipinski definition) is 0. The molecule has 3 nitrogen and oxygen atoms in total. The van der Waals surface area contributed by atoms with E-state index in [1.807, 2.05) is 14.1 Å². The van der Waals surface area contributed by atoms with Crippen LogP contribution >= 0.6 is 8.53 Å². The Morgan fingerprint density at radius 2 is 1.17 bits per heavy atom. The smallest absolute Gasteiger partial charge is 0.258 e. The van der Waals surface area contributed by atoms with E-state index in [2.05, 4.69) is 18.5 Å². The highest BCUT2D eigenvalue weighted by Gasteiger charge is 2.13. The molecule has 0 bridgehead atoms. The van der Waals surface area contributed by atoms with Crippen LogP contribution in [0.2, 0.25) is 0 Å². The zero-order chi connectivity index (χ0) is 13.6. The molecule has 0 rings (SSSR count). The Hall–Kier alpha value is 0.310. The van der Waals surface area contributed by atoms with Gasteiger partial charge < -0.3 is 9.05 Å². The molecule has 0 aromatic heterocycles. The van der Waals surface area contributed by atoms with E-state index in [1.165, 1.54) is 38.5 Å². The van der Waals surface area contributed by atoms with Crippen molar-refractivity contribution in [1.29, 1.82) is 0 Å². The largest absolute Gasteiger partial charge is 0.322 e. The van der Waals surface area contributed by atoms with Crippen LogP contribution < -0.4 is 0 Å². The summed E-state index contributed by atoms with van der Waals surface area (Å²) < 4.78 is 13.7. The molecule has 0 saturated heterocycles. The predicted octanol–water partition coefficient (Wildman–Crippen LogP) is 4.97. The second-order valence-corrected chi connectivity index (χ2v) is 6.66. The molecule has 0 aliphatic carbocycles. The minimum Gasteiger partial charge on any atom is -0.322 e. The Bertz CT molecular complexity index is 154. The molecule has 18 heavy (non-hydrogen) atoms. The van der Waals surface area contributed by atoms with Crippen LogP contribution in [0, 0.1) is 0 Å². The molecular weight excluding hydrogens is 245 g/mol. The summed E-state index contributed by atoms with van der Waals surface area (Å²) in [5.41, 5.74) is 0. The number of hydrogen-bond acceptors (Lipinski definition) is 3. The third-order valence-electron chi connectivity index (χ3n) is 2.73. The first-order valence-electron chi connectivity index (χ1n) is 7.45. The summed E-state index contributed by atoms with van der Waals surface area (Å²) in [4.78, 5) is 0. The molecule has 0 saturated carbocycles. The van der Waals surface area contributed by atoms with Crippen LogP contribution in [0.15, 0.2) is 0 Å². The van der Waals surface area contributed by atoms with E-state index in [1.54, 1.807) is 0 Å². The van der Waals surface area contributed by atoms with Crippen LogP contribution in [0.25, 0.3) is 0 Å². The van der Waals surface area contributed by atoms with E-state index in [0.717, 1.165) is 26.1 Å². The molecule has 110 valence electrons. The first kappa shape index (κ1) is 18.3. The average molecular weight is 277 g/mol. The Morgan fingerprint density at radius 1 is 0.722 bits per heavy atom. The van der Waals surface area contributed by atoms with Crippen molar-refractivity contribution in [3.05, 3.63) is 0 Å². The van der Waals surface area contributed by atoms with Gasteiger partial charge in [-0.25, -0.2) is 4.67 Å². The lowest BCUT2D eigenvalue weighted by Gasteiger charge is -2.22. The van der Waals surface area contributed by atoms with Gasteiger partial charge in [-0.05, 0) is 26.9 Å². The van der Waals surface area contributed by atoms with Gasteiger partial charge in [-0.1, -0.05) is 52.4 Å². The van der Waals surface area contributed by atoms with Crippen molar-refractivity contribution in [3.8, 4) is 0 Å². The zero-order valence-corrected chi connectivity index (χ0v) is 13.7. The summed E-state index contributed by atoms with van der Waals surface area (Å²) in [5.74, 6) is 0. The van der Waals surface area contributed by atoms with Crippen LogP contribution in [-0.2, 0) is 9.05 Å². The lowest BCUT2D eigenvalue weighted by Crippen LogP contribution is -2.10. The molecule has 0 heterocycles. The van der Waals surface area contributed by atoms with Crippen molar-refractivity contribution >= 4 is 8.53 Å². The summed E-state index contributed by atoms with van der Waals surface area (Å²) in [5, 5.41) is 0. The number of nitrogens with zero attached hydrogens (tertiary/aromatic N) is 1. The first-order chi connectivity index (χ1) is 8.72. The summed E-state index contributed by atoms with van der Waals surface area (Å²) in [6.07, 6.45) is 10.0. The normalized spacial score (nSPS) is 11.7. The molecule has 0 aliphatic heterocycles. The second kappa shape index (κ2) is 13.7. The number of rotatable bonds is 13. The van der Waals surface area contributed by atoms with Crippen molar-refractivity contribution in [1.82, 2.24) is 4.67 Å². The highest BCUT2D eigenvalue weighted by molar-refractivity contribution is 7.44. The molecule has 0 aromatic carbocycles. The Kier molecular flexibility index (Phi) is 14.0. The van der Waals surface area contributed by atoms with Gasteiger partial charge in [0.15, 0.2) is 0 Å². The van der Waals surface area contributed by atoms with E-state index in [0.29, 0.717) is 0 Å². The van der Waals surface area contributed by atoms with Gasteiger partial charge in [-0.15, -0.1) is 0 Å². The molecule has 0 radical (unpaired) electrons. The third kappa shape index (κ3) is 11.4. The van der Waals surface area contributed by atoms with Crippen LogP contribution in [0.5, 0.6) is 0 Å². The van der Waals surface area contributed by atoms with E-state index >= 15 is 0 Å². The molecule has 0 fully saturated rings. The number of unbranched alkanes of at least 4 members (excludes halogenated alkanes) is 6. The average Bonchev–Trinajstić information content (AvgIpc) is 2.35. The van der Waals surface area contributed by atoms with Crippen molar-refractivity contribution < 1.29 is 9.05 Å². The van der Waals surface area contributed by atoms with Gasteiger partial charge in [-0.3, -0.25) is 0 Å². The summed E-state index contributed by atoms with van der Waals surface area (Å²) in [6, 6.07) is 0. The molecule has 4 heteroatoms. The molecule has 0 aromatic rings. The lowest BCUT2D eigenvalue weighted by molar-refractivity contribution is 0.213. The molecular formula is C14H32NO2P. The van der Waals surface area contributed by atoms with Gasteiger partial charge in [0.1, 0.15) is 0 Å². The third-order valence-corrected chi connectivity index (χ3v) is 4.19. The van der Waals surface area contributed by atoms with Crippen molar-refractivity contribution in [2.24, 2.45) is 0 Å². The second-order valence-electron chi connectivity index (χ2n) is 4.87. The molecule has 0 unspecified atom stereocenters. The van der Waals surface area contributed by atoms with Gasteiger partial charge in [0.25, 0.3) is 8.53 Å². The molecule has 0 aliphatic rings. The van der Waals surface area contributed by atoms with Crippen molar-refractivity contribution in [2.75, 3.05) is 27.3 Å². The molecule has 0 spiro atoms. The van der Waals surface area contributed by atoms with E-state index in [-0.39, 0.29) is 0 Å². The Morgan fingerprint density at radius 3 is 1.50 bits per heavy atom. The van der Waals surface area contributed by atoms with Crippen LogP contribution in [0.4, 0.5) is 0 Å². The van der Waals surface area contributed by atoms with Gasteiger partial charge in [0.2, 0.25) is 0 Å². The quantitative estimate of drug-likeness (QED) is 0.350. The minimum absolute atomic E-state index is 0.828. The van der Waals surface area contributed by atoms with Crippen LogP contribution in [0.3, 0.4) is 0 Å². The van der Waals surface area contributed by atoms with Crippen LogP contribution in [0.1, 0.15) is 65.2 Å². The maximum Gasteiger partial charge on any atom is 0.258 e. The van der Waals surface area contributed by atoms with Gasteiger partial charge in [0.05, 0.1) is 13.2 Å². The SMILES string of the molecule is CCCCCCOP(OCCCCCC)N(C)C. The lowest BCUT2D eigenvalue weighted by atomic mass is 10.2. The topological polar surface area (TPSA) is 21.7 Å². The monoisotopic (exact) mass is 277 g/mol. The summed E-state index contributed by atoms with van der Waals surface area (Å²) in [7, 11) is 3.23. The fourth-order valence-corrected chi connectivity index (χ4v) is 2.72. The molecule has 0 N–H and O–H groups in total. The highest BCUT2D eigenvalue weighted by atomic mass is 31.2. The highest BCUT2D eigenvalue weighted by Crippen LogP contribution is 2.40. The van der Waals surface area contributed by atoms with Crippen LogP contribution in [-0.4, -0.2) is 32.0 Å². The van der Waals surface area contributed by atoms with Crippen molar-refractivity contribution in [3.63, 3.8) is 0 Å². The minimum atomic E-state index is -0.828. The Labute approximate surface area is 115 Å².